The predicted octanol–water partition coefficient (Wildman–Crippen LogP) is 3.75. The summed E-state index contributed by atoms with van der Waals surface area (Å²) in [5.41, 5.74) is 1.74. The molecular formula is C24H29N3O4. The van der Waals surface area contributed by atoms with E-state index in [1.54, 1.807) is 4.90 Å². The van der Waals surface area contributed by atoms with Gasteiger partial charge in [0.1, 0.15) is 13.2 Å². The minimum absolute atomic E-state index is 0.0718. The number of nitrogens with zero attached hydrogens (tertiary/aromatic N) is 2. The molecule has 31 heavy (non-hydrogen) atoms. The second-order valence-electron chi connectivity index (χ2n) is 7.85. The van der Waals surface area contributed by atoms with E-state index in [9.17, 15) is 9.59 Å². The number of anilines is 1. The van der Waals surface area contributed by atoms with Crippen LogP contribution >= 0.6 is 0 Å². The van der Waals surface area contributed by atoms with Crippen LogP contribution in [0.15, 0.2) is 48.5 Å². The summed E-state index contributed by atoms with van der Waals surface area (Å²) in [6.07, 6.45) is 1.34. The Hall–Kier alpha value is -3.22. The molecule has 3 amide bonds. The number of rotatable bonds is 5. The van der Waals surface area contributed by atoms with Crippen LogP contribution < -0.4 is 14.8 Å². The standard InChI is InChI=1S/C24H29N3O4/c1-2-26(17-19-7-6-10-21-22(19)31-16-15-30-21)23(28)18-11-13-27(14-12-18)24(29)25-20-8-4-3-5-9-20/h3-10,18H,2,11-17H2,1H3,(H,25,29). The molecule has 2 aromatic rings. The molecule has 0 saturated carbocycles. The lowest BCUT2D eigenvalue weighted by Crippen LogP contribution is -2.45. The van der Waals surface area contributed by atoms with Gasteiger partial charge in [0.15, 0.2) is 11.5 Å². The molecule has 2 aliphatic heterocycles. The largest absolute Gasteiger partial charge is 0.486 e. The molecule has 1 saturated heterocycles. The SMILES string of the molecule is CCN(Cc1cccc2c1OCCO2)C(=O)C1CCN(C(=O)Nc2ccccc2)CC1. The van der Waals surface area contributed by atoms with Crippen LogP contribution in [0, 0.1) is 5.92 Å². The fourth-order valence-corrected chi connectivity index (χ4v) is 4.12. The molecule has 164 valence electrons. The van der Waals surface area contributed by atoms with Gasteiger partial charge >= 0.3 is 6.03 Å². The molecule has 0 aliphatic carbocycles. The van der Waals surface area contributed by atoms with Crippen molar-refractivity contribution in [1.82, 2.24) is 9.80 Å². The molecule has 2 aliphatic rings. The number of ether oxygens (including phenoxy) is 2. The van der Waals surface area contributed by atoms with E-state index in [-0.39, 0.29) is 17.9 Å². The van der Waals surface area contributed by atoms with E-state index in [4.69, 9.17) is 9.47 Å². The lowest BCUT2D eigenvalue weighted by Gasteiger charge is -2.34. The van der Waals surface area contributed by atoms with Crippen molar-refractivity contribution in [2.75, 3.05) is 38.2 Å². The molecule has 0 aromatic heterocycles. The zero-order chi connectivity index (χ0) is 21.6. The van der Waals surface area contributed by atoms with Crippen LogP contribution in [0.2, 0.25) is 0 Å². The van der Waals surface area contributed by atoms with E-state index in [1.807, 2.05) is 60.4 Å². The zero-order valence-corrected chi connectivity index (χ0v) is 17.9. The molecule has 4 rings (SSSR count). The van der Waals surface area contributed by atoms with Gasteiger partial charge in [-0.25, -0.2) is 4.79 Å². The minimum atomic E-state index is -0.113. The van der Waals surface area contributed by atoms with Crippen LogP contribution in [0.4, 0.5) is 10.5 Å². The second kappa shape index (κ2) is 9.73. The number of para-hydroxylation sites is 2. The van der Waals surface area contributed by atoms with Crippen molar-refractivity contribution in [2.24, 2.45) is 5.92 Å². The van der Waals surface area contributed by atoms with Crippen molar-refractivity contribution in [1.29, 1.82) is 0 Å². The van der Waals surface area contributed by atoms with Crippen LogP contribution in [-0.2, 0) is 11.3 Å². The maximum atomic E-state index is 13.2. The van der Waals surface area contributed by atoms with Crippen molar-refractivity contribution in [3.05, 3.63) is 54.1 Å². The number of carbonyl (C=O) groups is 2. The summed E-state index contributed by atoms with van der Waals surface area (Å²) in [6.45, 7) is 5.33. The summed E-state index contributed by atoms with van der Waals surface area (Å²) >= 11 is 0. The highest BCUT2D eigenvalue weighted by Gasteiger charge is 2.30. The Morgan fingerprint density at radius 1 is 1.03 bits per heavy atom. The van der Waals surface area contributed by atoms with Gasteiger partial charge in [-0.15, -0.1) is 0 Å². The van der Waals surface area contributed by atoms with E-state index in [0.717, 1.165) is 22.7 Å². The number of hydrogen-bond acceptors (Lipinski definition) is 4. The maximum absolute atomic E-state index is 13.2. The molecule has 7 heteroatoms. The van der Waals surface area contributed by atoms with Gasteiger partial charge in [0, 0.05) is 43.3 Å². The average Bonchev–Trinajstić information content (AvgIpc) is 2.83. The van der Waals surface area contributed by atoms with Crippen LogP contribution in [0.5, 0.6) is 11.5 Å². The molecule has 0 spiro atoms. The maximum Gasteiger partial charge on any atom is 0.321 e. The quantitative estimate of drug-likeness (QED) is 0.795. The van der Waals surface area contributed by atoms with E-state index in [1.165, 1.54) is 0 Å². The second-order valence-corrected chi connectivity index (χ2v) is 7.85. The third-order valence-corrected chi connectivity index (χ3v) is 5.86. The molecule has 1 N–H and O–H groups in total. The van der Waals surface area contributed by atoms with Crippen molar-refractivity contribution >= 4 is 17.6 Å². The van der Waals surface area contributed by atoms with Crippen LogP contribution in [0.25, 0.3) is 0 Å². The van der Waals surface area contributed by atoms with Crippen molar-refractivity contribution in [3.63, 3.8) is 0 Å². The van der Waals surface area contributed by atoms with E-state index in [2.05, 4.69) is 5.32 Å². The van der Waals surface area contributed by atoms with Crippen LogP contribution in [-0.4, -0.2) is 54.6 Å². The Morgan fingerprint density at radius 2 is 1.77 bits per heavy atom. The van der Waals surface area contributed by atoms with E-state index < -0.39 is 0 Å². The number of hydrogen-bond donors (Lipinski definition) is 1. The summed E-state index contributed by atoms with van der Waals surface area (Å²) in [5, 5.41) is 2.92. The Kier molecular flexibility index (Phi) is 6.60. The van der Waals surface area contributed by atoms with Gasteiger partial charge in [-0.2, -0.15) is 0 Å². The molecule has 7 nitrogen and oxygen atoms in total. The van der Waals surface area contributed by atoms with Gasteiger partial charge in [-0.05, 0) is 38.0 Å². The van der Waals surface area contributed by atoms with Gasteiger partial charge in [0.25, 0.3) is 0 Å². The number of fused-ring (bicyclic) bond motifs is 1. The van der Waals surface area contributed by atoms with Gasteiger partial charge in [-0.1, -0.05) is 30.3 Å². The highest BCUT2D eigenvalue weighted by Crippen LogP contribution is 2.34. The van der Waals surface area contributed by atoms with Crippen molar-refractivity contribution in [3.8, 4) is 11.5 Å². The van der Waals surface area contributed by atoms with Crippen molar-refractivity contribution < 1.29 is 19.1 Å². The first kappa shape index (κ1) is 21.0. The van der Waals surface area contributed by atoms with E-state index in [0.29, 0.717) is 52.2 Å². The summed E-state index contributed by atoms with van der Waals surface area (Å²) < 4.78 is 11.5. The average molecular weight is 424 g/mol. The normalized spacial score (nSPS) is 16.0. The zero-order valence-electron chi connectivity index (χ0n) is 17.9. The van der Waals surface area contributed by atoms with Gasteiger partial charge in [-0.3, -0.25) is 4.79 Å². The van der Waals surface area contributed by atoms with Crippen molar-refractivity contribution in [2.45, 2.75) is 26.3 Å². The molecular weight excluding hydrogens is 394 g/mol. The number of nitrogens with one attached hydrogen (secondary N) is 1. The molecule has 0 unspecified atom stereocenters. The fourth-order valence-electron chi connectivity index (χ4n) is 4.12. The highest BCUT2D eigenvalue weighted by atomic mass is 16.6. The molecule has 1 fully saturated rings. The fraction of sp³-hybridized carbons (Fsp3) is 0.417. The van der Waals surface area contributed by atoms with Gasteiger partial charge < -0.3 is 24.6 Å². The highest BCUT2D eigenvalue weighted by molar-refractivity contribution is 5.89. The molecule has 0 bridgehead atoms. The summed E-state index contributed by atoms with van der Waals surface area (Å²) in [7, 11) is 0. The molecule has 2 heterocycles. The number of benzene rings is 2. The number of carbonyl (C=O) groups excluding carboxylic acids is 2. The minimum Gasteiger partial charge on any atom is -0.486 e. The first-order chi connectivity index (χ1) is 15.2. The van der Waals surface area contributed by atoms with Crippen LogP contribution in [0.3, 0.4) is 0 Å². The molecule has 0 radical (unpaired) electrons. The number of piperidine rings is 1. The Balaban J connectivity index is 1.34. The van der Waals surface area contributed by atoms with Gasteiger partial charge in [0.2, 0.25) is 5.91 Å². The third-order valence-electron chi connectivity index (χ3n) is 5.86. The Labute approximate surface area is 182 Å². The summed E-state index contributed by atoms with van der Waals surface area (Å²) in [4.78, 5) is 29.4. The molecule has 2 aromatic carbocycles. The lowest BCUT2D eigenvalue weighted by molar-refractivity contribution is -0.137. The number of urea groups is 1. The lowest BCUT2D eigenvalue weighted by atomic mass is 9.95. The first-order valence-corrected chi connectivity index (χ1v) is 10.9. The number of amides is 3. The third kappa shape index (κ3) is 4.93. The smallest absolute Gasteiger partial charge is 0.321 e. The molecule has 0 atom stereocenters. The van der Waals surface area contributed by atoms with E-state index >= 15 is 0 Å². The summed E-state index contributed by atoms with van der Waals surface area (Å²) in [5.74, 6) is 1.55. The summed E-state index contributed by atoms with van der Waals surface area (Å²) in [6, 6.07) is 15.1. The first-order valence-electron chi connectivity index (χ1n) is 10.9. The Bertz CT molecular complexity index is 910. The topological polar surface area (TPSA) is 71.1 Å². The predicted molar refractivity (Wildman–Crippen MR) is 118 cm³/mol. The number of likely N-dealkylation sites (tertiary alicyclic amines) is 1. The monoisotopic (exact) mass is 423 g/mol. The Morgan fingerprint density at radius 3 is 2.52 bits per heavy atom. The van der Waals surface area contributed by atoms with Crippen LogP contribution in [0.1, 0.15) is 25.3 Å². The van der Waals surface area contributed by atoms with Gasteiger partial charge in [0.05, 0.1) is 0 Å².